The van der Waals surface area contributed by atoms with Crippen LogP contribution >= 0.6 is 55.8 Å². The Labute approximate surface area is 171 Å². The van der Waals surface area contributed by atoms with E-state index in [1.54, 1.807) is 0 Å². The predicted molar refractivity (Wildman–Crippen MR) is 111 cm³/mol. The van der Waals surface area contributed by atoms with Crippen molar-refractivity contribution in [2.24, 2.45) is 0 Å². The molecular weight excluding hydrogens is 650 g/mol. The topological polar surface area (TPSA) is 18.1 Å². The summed E-state index contributed by atoms with van der Waals surface area (Å²) < 4.78 is 15.6. The Morgan fingerprint density at radius 1 is 0.435 bits per heavy atom. The van der Waals surface area contributed by atoms with Crippen molar-refractivity contribution in [3.63, 3.8) is 0 Å². The Balaban J connectivity index is 0.000000101. The Hall–Kier alpha value is 2.74. The Morgan fingerprint density at radius 3 is 0.652 bits per heavy atom. The van der Waals surface area contributed by atoms with Crippen molar-refractivity contribution >= 4 is 55.8 Å². The number of hydrogen-bond donors (Lipinski definition) is 0. The standard InChI is InChI=1S/2C6H12N3P.2HI.Pd/c2*1-2-7(1)10(8-3-4-8)9-5-6-9;;;/h2*1-6H2;2*1H;/q;;;;+2/p-2. The molecule has 0 unspecified atom stereocenters. The molecule has 0 spiro atoms. The molecule has 0 radical (unpaired) electrons. The Morgan fingerprint density at radius 2 is 0.565 bits per heavy atom. The third-order valence-electron chi connectivity index (χ3n) is 4.06. The first-order valence-corrected chi connectivity index (χ1v) is 19.9. The van der Waals surface area contributed by atoms with Crippen molar-refractivity contribution in [3.05, 3.63) is 0 Å². The first-order chi connectivity index (χ1) is 11.3. The zero-order valence-electron chi connectivity index (χ0n) is 13.1. The summed E-state index contributed by atoms with van der Waals surface area (Å²) in [7, 11) is 1.08. The summed E-state index contributed by atoms with van der Waals surface area (Å²) in [6, 6.07) is 0. The molecule has 6 aliphatic heterocycles. The van der Waals surface area contributed by atoms with Crippen LogP contribution in [0, 0.1) is 0 Å². The van der Waals surface area contributed by atoms with Gasteiger partial charge in [0.05, 0.1) is 0 Å². The number of halogens is 2. The zero-order valence-corrected chi connectivity index (χ0v) is 20.8. The van der Waals surface area contributed by atoms with Crippen LogP contribution in [0.15, 0.2) is 0 Å². The molecule has 6 heterocycles. The molecule has 0 saturated carbocycles. The van der Waals surface area contributed by atoms with Crippen molar-refractivity contribution in [1.29, 1.82) is 0 Å². The average molecular weight is 675 g/mol. The van der Waals surface area contributed by atoms with Crippen molar-refractivity contribution < 1.29 is 10.8 Å². The number of nitrogens with zero attached hydrogens (tertiary/aromatic N) is 6. The van der Waals surface area contributed by atoms with Crippen molar-refractivity contribution in [3.8, 4) is 0 Å². The SMILES string of the molecule is C1CN1P(N1CC1)N1CC1.C1CN1P(N1CC1)N1CC1.[I][Pd][I]. The fraction of sp³-hybridized carbons (Fsp3) is 1.00. The fourth-order valence-electron chi connectivity index (χ4n) is 2.41. The molecular formula is C12H24I2N6P2Pd. The summed E-state index contributed by atoms with van der Waals surface area (Å²) >= 11 is 4.65. The molecule has 11 heteroatoms. The molecule has 0 bridgehead atoms. The van der Waals surface area contributed by atoms with E-state index in [-0.39, 0.29) is 16.7 Å². The van der Waals surface area contributed by atoms with Crippen LogP contribution in [0.1, 0.15) is 0 Å². The van der Waals surface area contributed by atoms with Gasteiger partial charge in [-0.25, -0.2) is 0 Å². The van der Waals surface area contributed by atoms with E-state index in [0.29, 0.717) is 0 Å². The molecule has 6 rings (SSSR count). The van der Waals surface area contributed by atoms with E-state index in [4.69, 9.17) is 0 Å². The maximum atomic E-state index is 2.61. The van der Waals surface area contributed by atoms with E-state index in [1.807, 2.05) is 0 Å². The van der Waals surface area contributed by atoms with Crippen LogP contribution in [0.5, 0.6) is 0 Å². The van der Waals surface area contributed by atoms with E-state index in [9.17, 15) is 0 Å². The second-order valence-electron chi connectivity index (χ2n) is 6.30. The third-order valence-corrected chi connectivity index (χ3v) is 9.50. The zero-order chi connectivity index (χ0) is 15.8. The Kier molecular flexibility index (Phi) is 7.32. The molecule has 136 valence electrons. The van der Waals surface area contributed by atoms with E-state index < -0.39 is 0 Å². The van der Waals surface area contributed by atoms with Gasteiger partial charge in [0, 0.05) is 78.5 Å². The van der Waals surface area contributed by atoms with Gasteiger partial charge in [-0.2, -0.15) is 0 Å². The van der Waals surface area contributed by atoms with Gasteiger partial charge in [0.25, 0.3) is 0 Å². The normalized spacial score (nSPS) is 29.9. The van der Waals surface area contributed by atoms with Gasteiger partial charge in [0.15, 0.2) is 0 Å². The molecule has 0 N–H and O–H groups in total. The molecule has 6 nitrogen and oxygen atoms in total. The monoisotopic (exact) mass is 674 g/mol. The first-order valence-electron chi connectivity index (χ1n) is 8.23. The van der Waals surface area contributed by atoms with E-state index in [1.165, 1.54) is 78.5 Å². The average Bonchev–Trinajstić information content (AvgIpc) is 3.38. The van der Waals surface area contributed by atoms with Crippen molar-refractivity contribution in [2.75, 3.05) is 78.5 Å². The second kappa shape index (κ2) is 8.83. The summed E-state index contributed by atoms with van der Waals surface area (Å²) in [5.41, 5.74) is 0. The third kappa shape index (κ3) is 6.39. The van der Waals surface area contributed by atoms with Crippen molar-refractivity contribution in [2.45, 2.75) is 0 Å². The molecule has 0 atom stereocenters. The van der Waals surface area contributed by atoms with Gasteiger partial charge in [-0.3, -0.25) is 28.0 Å². The van der Waals surface area contributed by atoms with E-state index >= 15 is 0 Å². The van der Waals surface area contributed by atoms with Crippen LogP contribution in [0.4, 0.5) is 0 Å². The molecule has 0 aromatic heterocycles. The molecule has 0 aliphatic carbocycles. The minimum absolute atomic E-state index is 0.0957. The van der Waals surface area contributed by atoms with Gasteiger partial charge in [0.1, 0.15) is 16.7 Å². The summed E-state index contributed by atoms with van der Waals surface area (Å²) in [6.45, 7) is 16.3. The minimum atomic E-state index is 0.0957. The van der Waals surface area contributed by atoms with E-state index in [2.05, 4.69) is 67.1 Å². The van der Waals surface area contributed by atoms with Gasteiger partial charge < -0.3 is 0 Å². The van der Waals surface area contributed by atoms with Gasteiger partial charge in [-0.1, -0.05) is 0 Å². The summed E-state index contributed by atoms with van der Waals surface area (Å²) in [6.07, 6.45) is 0. The van der Waals surface area contributed by atoms with E-state index in [0.717, 1.165) is 10.8 Å². The van der Waals surface area contributed by atoms with Crippen LogP contribution in [0.3, 0.4) is 0 Å². The van der Waals surface area contributed by atoms with Gasteiger partial charge in [-0.05, 0) is 0 Å². The molecule has 6 saturated heterocycles. The van der Waals surface area contributed by atoms with Gasteiger partial charge in [0.2, 0.25) is 0 Å². The molecule has 6 fully saturated rings. The fourth-order valence-corrected chi connectivity index (χ4v) is 7.24. The summed E-state index contributed by atoms with van der Waals surface area (Å²) in [5.74, 6) is 0. The summed E-state index contributed by atoms with van der Waals surface area (Å²) in [5, 5.41) is 0. The molecule has 23 heavy (non-hydrogen) atoms. The van der Waals surface area contributed by atoms with Crippen LogP contribution in [0.25, 0.3) is 0 Å². The van der Waals surface area contributed by atoms with Gasteiger partial charge >= 0.3 is 49.8 Å². The second-order valence-corrected chi connectivity index (χ2v) is 22.8. The number of hydrogen-bond acceptors (Lipinski definition) is 6. The first kappa shape index (κ1) is 19.1. The van der Waals surface area contributed by atoms with Gasteiger partial charge in [-0.15, -0.1) is 0 Å². The molecule has 0 aromatic rings. The Bertz CT molecular complexity index is 310. The van der Waals surface area contributed by atoms with Crippen molar-refractivity contribution in [1.82, 2.24) is 28.0 Å². The van der Waals surface area contributed by atoms with Crippen LogP contribution in [0.2, 0.25) is 0 Å². The quantitative estimate of drug-likeness (QED) is 0.185. The maximum absolute atomic E-state index is 2.61. The predicted octanol–water partition coefficient (Wildman–Crippen LogP) is 2.09. The van der Waals surface area contributed by atoms with Crippen LogP contribution < -0.4 is 0 Å². The molecule has 0 aromatic carbocycles. The molecule has 0 amide bonds. The van der Waals surface area contributed by atoms with Crippen LogP contribution in [-0.4, -0.2) is 107 Å². The summed E-state index contributed by atoms with van der Waals surface area (Å²) in [4.78, 5) is 0. The number of rotatable bonds is 6. The van der Waals surface area contributed by atoms with Crippen LogP contribution in [-0.2, 0) is 10.8 Å². The molecule has 6 aliphatic rings.